The first-order valence-corrected chi connectivity index (χ1v) is 2.95. The third-order valence-corrected chi connectivity index (χ3v) is 1.07. The van der Waals surface area contributed by atoms with Gasteiger partial charge in [0, 0.05) is 13.8 Å². The van der Waals surface area contributed by atoms with E-state index in [1.54, 1.807) is 0 Å². The van der Waals surface area contributed by atoms with Crippen LogP contribution in [0.4, 0.5) is 0 Å². The van der Waals surface area contributed by atoms with Crippen LogP contribution >= 0.6 is 0 Å². The van der Waals surface area contributed by atoms with Crippen molar-refractivity contribution in [3.05, 3.63) is 23.4 Å². The van der Waals surface area contributed by atoms with Crippen LogP contribution in [-0.2, 0) is 0 Å². The summed E-state index contributed by atoms with van der Waals surface area (Å²) in [6.45, 7) is 5.85. The highest BCUT2D eigenvalue weighted by Crippen LogP contribution is 2.01. The summed E-state index contributed by atoms with van der Waals surface area (Å²) in [5, 5.41) is 0. The number of allylic oxidation sites excluding steroid dienone is 4. The number of aliphatic imine (C=N–C) groups is 1. The Labute approximate surface area is 55.8 Å². The molecule has 0 aromatic rings. The molecule has 1 nitrogen and oxygen atoms in total. The minimum Gasteiger partial charge on any atom is -0.0380 e. The number of hydrogen-bond donors (Lipinski definition) is 0. The van der Waals surface area contributed by atoms with Gasteiger partial charge in [0.2, 0.25) is 0 Å². The van der Waals surface area contributed by atoms with Crippen LogP contribution in [-0.4, -0.2) is 5.71 Å². The zero-order valence-corrected chi connectivity index (χ0v) is 5.95. The maximum Gasteiger partial charge on any atom is 0.259 e. The molecule has 0 fully saturated rings. The van der Waals surface area contributed by atoms with Crippen LogP contribution in [0.2, 0.25) is 0 Å². The predicted molar refractivity (Wildman–Crippen MR) is 37.7 cm³/mol. The SMILES string of the molecule is CC1=[C]C(C)=[N+]C(C)=[C]1. The van der Waals surface area contributed by atoms with Crippen molar-refractivity contribution in [3.63, 3.8) is 0 Å². The first kappa shape index (κ1) is 6.27. The Balaban J connectivity index is 2.98. The summed E-state index contributed by atoms with van der Waals surface area (Å²) in [7, 11) is 0. The van der Waals surface area contributed by atoms with Gasteiger partial charge in [-0.3, -0.25) is 0 Å². The van der Waals surface area contributed by atoms with Crippen molar-refractivity contribution in [2.75, 3.05) is 0 Å². The van der Waals surface area contributed by atoms with Crippen molar-refractivity contribution in [2.45, 2.75) is 20.8 Å². The van der Waals surface area contributed by atoms with Gasteiger partial charge in [-0.2, -0.15) is 0 Å². The number of rotatable bonds is 0. The largest absolute Gasteiger partial charge is 0.259 e. The molecule has 0 N–H and O–H groups in total. The fourth-order valence-corrected chi connectivity index (χ4v) is 0.881. The molecule has 0 unspecified atom stereocenters. The van der Waals surface area contributed by atoms with Crippen LogP contribution in [0.3, 0.4) is 0 Å². The minimum absolute atomic E-state index is 0.948. The molecule has 0 bridgehead atoms. The molecule has 0 aromatic carbocycles. The summed E-state index contributed by atoms with van der Waals surface area (Å²) in [4.78, 5) is 4.12. The first-order chi connectivity index (χ1) is 4.18. The van der Waals surface area contributed by atoms with Crippen molar-refractivity contribution in [1.82, 2.24) is 4.99 Å². The summed E-state index contributed by atoms with van der Waals surface area (Å²) in [5.74, 6) is 0. The van der Waals surface area contributed by atoms with E-state index in [1.165, 1.54) is 0 Å². The highest BCUT2D eigenvalue weighted by Gasteiger charge is 2.10. The zero-order valence-electron chi connectivity index (χ0n) is 5.95. The second-order valence-electron chi connectivity index (χ2n) is 2.16. The Morgan fingerprint density at radius 2 is 1.78 bits per heavy atom. The Kier molecular flexibility index (Phi) is 1.52. The van der Waals surface area contributed by atoms with Crippen LogP contribution in [0.5, 0.6) is 0 Å². The predicted octanol–water partition coefficient (Wildman–Crippen LogP) is 1.25. The van der Waals surface area contributed by atoms with Gasteiger partial charge in [0.1, 0.15) is 0 Å². The molecule has 1 heteroatoms. The molecule has 1 heterocycles. The highest BCUT2D eigenvalue weighted by atomic mass is 14.7. The lowest BCUT2D eigenvalue weighted by atomic mass is 10.1. The molecule has 0 amide bonds. The molecule has 1 aliphatic rings. The van der Waals surface area contributed by atoms with E-state index in [1.807, 2.05) is 20.8 Å². The van der Waals surface area contributed by atoms with Crippen molar-refractivity contribution < 1.29 is 0 Å². The second kappa shape index (κ2) is 2.18. The van der Waals surface area contributed by atoms with Gasteiger partial charge in [0.15, 0.2) is 0 Å². The molecule has 1 aliphatic heterocycles. The molecule has 0 spiro atoms. The van der Waals surface area contributed by atoms with E-state index in [0.717, 1.165) is 17.0 Å². The molecule has 0 saturated heterocycles. The van der Waals surface area contributed by atoms with Gasteiger partial charge in [-0.05, 0) is 12.5 Å². The molecule has 9 heavy (non-hydrogen) atoms. The van der Waals surface area contributed by atoms with E-state index in [2.05, 4.69) is 17.1 Å². The van der Waals surface area contributed by atoms with E-state index in [4.69, 9.17) is 0 Å². The van der Waals surface area contributed by atoms with E-state index in [-0.39, 0.29) is 0 Å². The molecule has 0 aliphatic carbocycles. The monoisotopic (exact) mass is 119 g/mol. The summed E-state index contributed by atoms with van der Waals surface area (Å²) in [6.07, 6.45) is 6.09. The lowest BCUT2D eigenvalue weighted by molar-refractivity contribution is 1.13. The van der Waals surface area contributed by atoms with E-state index < -0.39 is 0 Å². The average Bonchev–Trinajstić information content (AvgIpc) is 1.59. The van der Waals surface area contributed by atoms with Crippen LogP contribution in [0.15, 0.2) is 11.3 Å². The van der Waals surface area contributed by atoms with Crippen LogP contribution in [0.1, 0.15) is 20.8 Å². The van der Waals surface area contributed by atoms with Crippen LogP contribution in [0, 0.1) is 12.2 Å². The average molecular weight is 119 g/mol. The van der Waals surface area contributed by atoms with E-state index >= 15 is 0 Å². The Morgan fingerprint density at radius 1 is 1.11 bits per heavy atom. The van der Waals surface area contributed by atoms with Crippen molar-refractivity contribution in [1.29, 1.82) is 0 Å². The van der Waals surface area contributed by atoms with Crippen molar-refractivity contribution in [2.24, 2.45) is 0 Å². The fourth-order valence-electron chi connectivity index (χ4n) is 0.881. The molecule has 1 rings (SSSR count). The summed E-state index contributed by atoms with van der Waals surface area (Å²) in [5.41, 5.74) is 2.94. The lowest BCUT2D eigenvalue weighted by Gasteiger charge is -1.88. The maximum atomic E-state index is 4.12. The Morgan fingerprint density at radius 3 is 2.22 bits per heavy atom. The smallest absolute Gasteiger partial charge is 0.0380 e. The fraction of sp³-hybridized carbons (Fsp3) is 0.375. The Bertz CT molecular complexity index is 160. The molecular weight excluding hydrogens is 110 g/mol. The molecule has 3 radical (unpaired) electrons. The van der Waals surface area contributed by atoms with Gasteiger partial charge < -0.3 is 0 Å². The topological polar surface area (TPSA) is 14.1 Å². The number of nitrogens with zero attached hydrogens (tertiary/aromatic N) is 1. The highest BCUT2D eigenvalue weighted by molar-refractivity contribution is 5.90. The maximum absolute atomic E-state index is 4.12. The van der Waals surface area contributed by atoms with E-state index in [0.29, 0.717) is 0 Å². The molecule has 0 atom stereocenters. The van der Waals surface area contributed by atoms with Crippen molar-refractivity contribution in [3.8, 4) is 0 Å². The third kappa shape index (κ3) is 1.53. The quantitative estimate of drug-likeness (QED) is 0.455. The van der Waals surface area contributed by atoms with E-state index in [9.17, 15) is 0 Å². The van der Waals surface area contributed by atoms with Gasteiger partial charge >= 0.3 is 0 Å². The van der Waals surface area contributed by atoms with Gasteiger partial charge in [-0.25, -0.2) is 0 Å². The van der Waals surface area contributed by atoms with Crippen LogP contribution in [0.25, 0.3) is 0 Å². The Hall–Kier alpha value is -0.850. The summed E-state index contributed by atoms with van der Waals surface area (Å²) >= 11 is 0. The standard InChI is InChI=1S/C8H9N/c1-6-4-7(2)9-8(3)5-6/h1-3H3/q+1. The molecule has 45 valence electrons. The first-order valence-electron chi connectivity index (χ1n) is 2.95. The molecule has 0 aromatic heterocycles. The second-order valence-corrected chi connectivity index (χ2v) is 2.16. The zero-order chi connectivity index (χ0) is 6.85. The summed E-state index contributed by atoms with van der Waals surface area (Å²) in [6, 6.07) is 0. The van der Waals surface area contributed by atoms with Crippen molar-refractivity contribution >= 4 is 5.71 Å². The lowest BCUT2D eigenvalue weighted by Crippen LogP contribution is -2.04. The normalized spacial score (nSPS) is 18.3. The minimum atomic E-state index is 0.948. The third-order valence-electron chi connectivity index (χ3n) is 1.07. The number of hydrogen-bond acceptors (Lipinski definition) is 1. The van der Waals surface area contributed by atoms with Crippen LogP contribution < -0.4 is 4.99 Å². The van der Waals surface area contributed by atoms with Gasteiger partial charge in [0.25, 0.3) is 11.4 Å². The molecule has 0 saturated carbocycles. The van der Waals surface area contributed by atoms with Gasteiger partial charge in [-0.1, -0.05) is 0 Å². The summed E-state index contributed by atoms with van der Waals surface area (Å²) < 4.78 is 0. The van der Waals surface area contributed by atoms with Gasteiger partial charge in [0.05, 0.1) is 17.1 Å². The van der Waals surface area contributed by atoms with Gasteiger partial charge in [-0.15, -0.1) is 0 Å². The molecular formula is C8H9N+.